The number of ether oxygens (including phenoxy) is 2. The van der Waals surface area contributed by atoms with Crippen LogP contribution in [-0.2, 0) is 22.6 Å². The fourth-order valence-electron chi connectivity index (χ4n) is 2.74. The zero-order valence-corrected chi connectivity index (χ0v) is 17.4. The fourth-order valence-corrected chi connectivity index (χ4v) is 2.74. The molecule has 0 saturated heterocycles. The maximum atomic E-state index is 12.1. The van der Waals surface area contributed by atoms with Crippen LogP contribution in [0, 0.1) is 0 Å². The minimum absolute atomic E-state index is 0. The monoisotopic (exact) mass is 442 g/mol. The van der Waals surface area contributed by atoms with Crippen LogP contribution >= 0.6 is 12.4 Å². The van der Waals surface area contributed by atoms with Gasteiger partial charge >= 0.3 is 5.97 Å². The van der Waals surface area contributed by atoms with Gasteiger partial charge in [-0.25, -0.2) is 5.48 Å². The minimum Gasteiger partial charge on any atom is -0.460 e. The second-order valence-corrected chi connectivity index (χ2v) is 6.62. The van der Waals surface area contributed by atoms with E-state index in [2.05, 4.69) is 0 Å². The van der Waals surface area contributed by atoms with Crippen molar-refractivity contribution in [1.29, 1.82) is 0 Å². The molecule has 1 amide bonds. The molecule has 0 aliphatic heterocycles. The quantitative estimate of drug-likeness (QED) is 0.279. The molecule has 0 fully saturated rings. The van der Waals surface area contributed by atoms with Crippen LogP contribution in [0.5, 0.6) is 11.5 Å². The van der Waals surface area contributed by atoms with Crippen molar-refractivity contribution in [3.8, 4) is 11.5 Å². The predicted molar refractivity (Wildman–Crippen MR) is 117 cm³/mol. The molecule has 3 rings (SSSR count). The van der Waals surface area contributed by atoms with Gasteiger partial charge < -0.3 is 15.2 Å². The number of amides is 1. The Morgan fingerprint density at radius 3 is 2.03 bits per heavy atom. The number of benzene rings is 3. The van der Waals surface area contributed by atoms with Gasteiger partial charge in [-0.2, -0.15) is 0 Å². The number of nitrogens with two attached hydrogens (primary N) is 1. The number of hydrogen-bond donors (Lipinski definition) is 3. The van der Waals surface area contributed by atoms with E-state index in [1.54, 1.807) is 29.7 Å². The first kappa shape index (κ1) is 23.9. The molecular weight excluding hydrogens is 420 g/mol. The van der Waals surface area contributed by atoms with Gasteiger partial charge in [0.1, 0.15) is 24.1 Å². The SMILES string of the molecule is Cl.NC(Cc1ccc(Oc2ccc(C(=O)NO)cc2)cc1)C(=O)OCc1ccccc1. The molecule has 0 spiro atoms. The summed E-state index contributed by atoms with van der Waals surface area (Å²) in [6.07, 6.45) is 0.346. The average Bonchev–Trinajstić information content (AvgIpc) is 2.79. The highest BCUT2D eigenvalue weighted by molar-refractivity contribution is 5.93. The van der Waals surface area contributed by atoms with E-state index in [0.717, 1.165) is 11.1 Å². The Labute approximate surface area is 186 Å². The molecule has 3 aromatic rings. The molecule has 7 nitrogen and oxygen atoms in total. The van der Waals surface area contributed by atoms with Crippen molar-refractivity contribution in [3.63, 3.8) is 0 Å². The van der Waals surface area contributed by atoms with Crippen molar-refractivity contribution < 1.29 is 24.3 Å². The molecule has 1 unspecified atom stereocenters. The Hall–Kier alpha value is -3.39. The fraction of sp³-hybridized carbons (Fsp3) is 0.130. The molecule has 3 aromatic carbocycles. The number of nitrogens with one attached hydrogen (secondary N) is 1. The number of halogens is 1. The van der Waals surface area contributed by atoms with Gasteiger partial charge in [0.2, 0.25) is 0 Å². The van der Waals surface area contributed by atoms with Crippen LogP contribution < -0.4 is 16.0 Å². The van der Waals surface area contributed by atoms with E-state index in [1.807, 2.05) is 42.5 Å². The maximum Gasteiger partial charge on any atom is 0.323 e. The molecule has 0 heterocycles. The van der Waals surface area contributed by atoms with Crippen LogP contribution in [0.15, 0.2) is 78.9 Å². The number of carbonyl (C=O) groups is 2. The number of carbonyl (C=O) groups excluding carboxylic acids is 2. The van der Waals surface area contributed by atoms with Crippen LogP contribution in [0.2, 0.25) is 0 Å². The third-order valence-electron chi connectivity index (χ3n) is 4.36. The van der Waals surface area contributed by atoms with E-state index < -0.39 is 17.9 Å². The van der Waals surface area contributed by atoms with Crippen LogP contribution in [-0.4, -0.2) is 23.1 Å². The van der Waals surface area contributed by atoms with Gasteiger partial charge in [-0.3, -0.25) is 14.8 Å². The van der Waals surface area contributed by atoms with Crippen LogP contribution in [0.3, 0.4) is 0 Å². The van der Waals surface area contributed by atoms with Crippen molar-refractivity contribution in [3.05, 3.63) is 95.6 Å². The highest BCUT2D eigenvalue weighted by atomic mass is 35.5. The van der Waals surface area contributed by atoms with Crippen molar-refractivity contribution in [2.45, 2.75) is 19.1 Å². The van der Waals surface area contributed by atoms with Gasteiger partial charge in [0, 0.05) is 5.56 Å². The van der Waals surface area contributed by atoms with E-state index in [9.17, 15) is 9.59 Å². The Morgan fingerprint density at radius 1 is 0.871 bits per heavy atom. The molecule has 4 N–H and O–H groups in total. The summed E-state index contributed by atoms with van der Waals surface area (Å²) in [5.74, 6) is 0.0903. The lowest BCUT2D eigenvalue weighted by Crippen LogP contribution is -2.34. The van der Waals surface area contributed by atoms with Crippen molar-refractivity contribution in [1.82, 2.24) is 5.48 Å². The third kappa shape index (κ3) is 7.11. The second kappa shape index (κ2) is 11.7. The summed E-state index contributed by atoms with van der Waals surface area (Å²) in [7, 11) is 0. The maximum absolute atomic E-state index is 12.1. The molecule has 162 valence electrons. The van der Waals surface area contributed by atoms with Crippen LogP contribution in [0.25, 0.3) is 0 Å². The number of esters is 1. The second-order valence-electron chi connectivity index (χ2n) is 6.62. The lowest BCUT2D eigenvalue weighted by molar-refractivity contribution is -0.146. The lowest BCUT2D eigenvalue weighted by atomic mass is 10.1. The highest BCUT2D eigenvalue weighted by Crippen LogP contribution is 2.22. The molecule has 0 saturated carbocycles. The first-order valence-electron chi connectivity index (χ1n) is 9.32. The van der Waals surface area contributed by atoms with E-state index in [0.29, 0.717) is 23.5 Å². The zero-order chi connectivity index (χ0) is 21.3. The Kier molecular flexibility index (Phi) is 9.02. The van der Waals surface area contributed by atoms with Crippen molar-refractivity contribution >= 4 is 24.3 Å². The van der Waals surface area contributed by atoms with Crippen molar-refractivity contribution in [2.75, 3.05) is 0 Å². The summed E-state index contributed by atoms with van der Waals surface area (Å²) in [6, 6.07) is 22.2. The van der Waals surface area contributed by atoms with Gasteiger partial charge in [-0.05, 0) is 53.9 Å². The Balaban J connectivity index is 0.00000341. The average molecular weight is 443 g/mol. The summed E-state index contributed by atoms with van der Waals surface area (Å²) >= 11 is 0. The summed E-state index contributed by atoms with van der Waals surface area (Å²) in [5.41, 5.74) is 9.64. The molecule has 0 aromatic heterocycles. The molecule has 8 heteroatoms. The Bertz CT molecular complexity index is 979. The number of hydroxylamine groups is 1. The normalized spacial score (nSPS) is 11.0. The Morgan fingerprint density at radius 2 is 1.45 bits per heavy atom. The van der Waals surface area contributed by atoms with Gasteiger partial charge in [-0.1, -0.05) is 42.5 Å². The van der Waals surface area contributed by atoms with Gasteiger partial charge in [0.25, 0.3) is 5.91 Å². The lowest BCUT2D eigenvalue weighted by Gasteiger charge is -2.12. The highest BCUT2D eigenvalue weighted by Gasteiger charge is 2.16. The molecule has 31 heavy (non-hydrogen) atoms. The van der Waals surface area contributed by atoms with Gasteiger partial charge in [0.05, 0.1) is 0 Å². The van der Waals surface area contributed by atoms with Crippen LogP contribution in [0.1, 0.15) is 21.5 Å². The minimum atomic E-state index is -0.759. The van der Waals surface area contributed by atoms with E-state index in [1.165, 1.54) is 12.1 Å². The molecular formula is C23H23ClN2O5. The van der Waals surface area contributed by atoms with E-state index in [-0.39, 0.29) is 19.0 Å². The first-order valence-corrected chi connectivity index (χ1v) is 9.32. The molecule has 1 atom stereocenters. The topological polar surface area (TPSA) is 111 Å². The van der Waals surface area contributed by atoms with Gasteiger partial charge in [-0.15, -0.1) is 12.4 Å². The first-order chi connectivity index (χ1) is 14.5. The van der Waals surface area contributed by atoms with E-state index >= 15 is 0 Å². The summed E-state index contributed by atoms with van der Waals surface area (Å²) in [6.45, 7) is 0.193. The predicted octanol–water partition coefficient (Wildman–Crippen LogP) is 3.63. The zero-order valence-electron chi connectivity index (χ0n) is 16.6. The molecule has 0 aliphatic rings. The molecule has 0 bridgehead atoms. The third-order valence-corrected chi connectivity index (χ3v) is 4.36. The summed E-state index contributed by atoms with van der Waals surface area (Å²) in [4.78, 5) is 23.4. The summed E-state index contributed by atoms with van der Waals surface area (Å²) in [5, 5.41) is 8.63. The van der Waals surface area contributed by atoms with Crippen molar-refractivity contribution in [2.24, 2.45) is 5.73 Å². The van der Waals surface area contributed by atoms with Crippen LogP contribution in [0.4, 0.5) is 0 Å². The molecule has 0 aliphatic carbocycles. The smallest absolute Gasteiger partial charge is 0.323 e. The van der Waals surface area contributed by atoms with Gasteiger partial charge in [0.15, 0.2) is 0 Å². The molecule has 0 radical (unpaired) electrons. The summed E-state index contributed by atoms with van der Waals surface area (Å²) < 4.78 is 11.0. The number of hydrogen-bond acceptors (Lipinski definition) is 6. The number of rotatable bonds is 8. The largest absolute Gasteiger partial charge is 0.460 e. The van der Waals surface area contributed by atoms with E-state index in [4.69, 9.17) is 20.4 Å². The standard InChI is InChI=1S/C23H22N2O5.ClH/c24-21(23(27)29-15-17-4-2-1-3-5-17)14-16-6-10-19(11-7-16)30-20-12-8-18(9-13-20)22(26)25-28;/h1-13,21,28H,14-15,24H2,(H,25,26);1H.